The molecule has 0 saturated heterocycles. The summed E-state index contributed by atoms with van der Waals surface area (Å²) in [4.78, 5) is 1.24. The summed E-state index contributed by atoms with van der Waals surface area (Å²) in [5, 5.41) is 0. The second-order valence-electron chi connectivity index (χ2n) is 1.39. The first-order valence-electron chi connectivity index (χ1n) is 2.27. The average Bonchev–Trinajstić information content (AvgIpc) is 1.90. The van der Waals surface area contributed by atoms with Crippen LogP contribution in [0.2, 0.25) is 0 Å². The van der Waals surface area contributed by atoms with E-state index in [1.165, 1.54) is 4.90 Å². The highest BCUT2D eigenvalue weighted by molar-refractivity contribution is 9.50. The Kier molecular flexibility index (Phi) is 2.43. The van der Waals surface area contributed by atoms with Crippen LogP contribution in [0.25, 0.3) is 0 Å². The van der Waals surface area contributed by atoms with Crippen molar-refractivity contribution in [2.45, 2.75) is 4.90 Å². The van der Waals surface area contributed by atoms with Crippen molar-refractivity contribution in [3.05, 3.63) is 30.3 Å². The largest absolute Gasteiger partial charge is 0.0622 e. The van der Waals surface area contributed by atoms with Crippen molar-refractivity contribution in [3.8, 4) is 0 Å². The normalized spacial score (nSPS) is 9.12. The zero-order valence-corrected chi connectivity index (χ0v) is 6.58. The molecule has 0 nitrogen and oxygen atoms in total. The number of hydrogen-bond acceptors (Lipinski definition) is 1. The molecule has 0 aliphatic rings. The Morgan fingerprint density at radius 1 is 1.12 bits per heavy atom. The predicted octanol–water partition coefficient (Wildman–Crippen LogP) is 3.09. The van der Waals surface area contributed by atoms with E-state index in [4.69, 9.17) is 0 Å². The van der Waals surface area contributed by atoms with Crippen LogP contribution >= 0.6 is 25.0 Å². The Labute approximate surface area is 60.5 Å². The summed E-state index contributed by atoms with van der Waals surface area (Å²) in [5.41, 5.74) is 0. The van der Waals surface area contributed by atoms with E-state index in [1.807, 2.05) is 18.2 Å². The lowest BCUT2D eigenvalue weighted by molar-refractivity contribution is 1.48. The highest BCUT2D eigenvalue weighted by atomic mass is 79.9. The van der Waals surface area contributed by atoms with Gasteiger partial charge in [0.05, 0.1) is 0 Å². The van der Waals surface area contributed by atoms with E-state index in [0.717, 1.165) is 0 Å². The molecule has 2 heteroatoms. The summed E-state index contributed by atoms with van der Waals surface area (Å²) in [6.07, 6.45) is 0. The van der Waals surface area contributed by atoms with Crippen LogP contribution in [0.1, 0.15) is 0 Å². The van der Waals surface area contributed by atoms with Crippen molar-refractivity contribution in [1.29, 1.82) is 0 Å². The predicted molar refractivity (Wildman–Crippen MR) is 41.2 cm³/mol. The van der Waals surface area contributed by atoms with Gasteiger partial charge in [-0.25, -0.2) is 0 Å². The van der Waals surface area contributed by atoms with Crippen LogP contribution < -0.4 is 0 Å². The number of benzene rings is 1. The molecule has 0 N–H and O–H groups in total. The standard InChI is InChI=1S/C6H5BrS/c7-8-6-4-2-1-3-5-6/h1-5H. The monoisotopic (exact) mass is 188 g/mol. The second-order valence-corrected chi connectivity index (χ2v) is 2.99. The van der Waals surface area contributed by atoms with Crippen LogP contribution in [-0.4, -0.2) is 0 Å². The van der Waals surface area contributed by atoms with E-state index in [0.29, 0.717) is 0 Å². The lowest BCUT2D eigenvalue weighted by Crippen LogP contribution is -1.59. The van der Waals surface area contributed by atoms with Gasteiger partial charge >= 0.3 is 0 Å². The van der Waals surface area contributed by atoms with Gasteiger partial charge in [-0.1, -0.05) is 18.2 Å². The molecule has 0 bridgehead atoms. The van der Waals surface area contributed by atoms with Crippen LogP contribution in [0.3, 0.4) is 0 Å². The summed E-state index contributed by atoms with van der Waals surface area (Å²) >= 11 is 3.27. The fraction of sp³-hybridized carbons (Fsp3) is 0. The summed E-state index contributed by atoms with van der Waals surface area (Å²) in [5.74, 6) is 0. The highest BCUT2D eigenvalue weighted by Gasteiger charge is 1.82. The molecule has 0 amide bonds. The molecule has 0 atom stereocenters. The van der Waals surface area contributed by atoms with Crippen LogP contribution in [-0.2, 0) is 0 Å². The van der Waals surface area contributed by atoms with Crippen LogP contribution in [0.15, 0.2) is 35.2 Å². The van der Waals surface area contributed by atoms with Gasteiger partial charge in [-0.05, 0) is 37.1 Å². The van der Waals surface area contributed by atoms with Crippen molar-refractivity contribution in [3.63, 3.8) is 0 Å². The summed E-state index contributed by atoms with van der Waals surface area (Å²) in [7, 11) is 1.58. The summed E-state index contributed by atoms with van der Waals surface area (Å²) in [6.45, 7) is 0. The van der Waals surface area contributed by atoms with Crippen molar-refractivity contribution >= 4 is 25.0 Å². The first-order chi connectivity index (χ1) is 3.93. The van der Waals surface area contributed by atoms with E-state index in [2.05, 4.69) is 26.9 Å². The minimum absolute atomic E-state index is 1.24. The topological polar surface area (TPSA) is 0 Å². The molecule has 0 fully saturated rings. The van der Waals surface area contributed by atoms with Gasteiger partial charge in [-0.3, -0.25) is 0 Å². The van der Waals surface area contributed by atoms with E-state index >= 15 is 0 Å². The number of rotatable bonds is 1. The van der Waals surface area contributed by atoms with Crippen LogP contribution in [0.4, 0.5) is 0 Å². The van der Waals surface area contributed by atoms with E-state index in [9.17, 15) is 0 Å². The molecule has 1 aromatic rings. The number of halogens is 1. The lowest BCUT2D eigenvalue weighted by Gasteiger charge is -1.87. The first kappa shape index (κ1) is 6.17. The third-order valence-corrected chi connectivity index (χ3v) is 2.40. The molecule has 0 aliphatic heterocycles. The molecule has 0 radical (unpaired) electrons. The van der Waals surface area contributed by atoms with E-state index in [-0.39, 0.29) is 0 Å². The van der Waals surface area contributed by atoms with Crippen molar-refractivity contribution < 1.29 is 0 Å². The maximum absolute atomic E-state index is 3.27. The average molecular weight is 189 g/mol. The van der Waals surface area contributed by atoms with Gasteiger partial charge in [0.15, 0.2) is 0 Å². The van der Waals surface area contributed by atoms with Crippen LogP contribution in [0, 0.1) is 0 Å². The Morgan fingerprint density at radius 3 is 2.12 bits per heavy atom. The molecule has 1 aromatic carbocycles. The Balaban J connectivity index is 2.83. The zero-order chi connectivity index (χ0) is 5.82. The minimum Gasteiger partial charge on any atom is -0.0622 e. The molecular weight excluding hydrogens is 184 g/mol. The summed E-state index contributed by atoms with van der Waals surface area (Å²) < 4.78 is 0. The van der Waals surface area contributed by atoms with E-state index < -0.39 is 0 Å². The fourth-order valence-electron chi connectivity index (χ4n) is 0.472. The zero-order valence-electron chi connectivity index (χ0n) is 4.17. The molecule has 42 valence electrons. The highest BCUT2D eigenvalue weighted by Crippen LogP contribution is 2.22. The van der Waals surface area contributed by atoms with Gasteiger partial charge in [-0.2, -0.15) is 0 Å². The maximum atomic E-state index is 3.27. The Hall–Kier alpha value is 0.0500. The van der Waals surface area contributed by atoms with Gasteiger partial charge in [0.2, 0.25) is 0 Å². The van der Waals surface area contributed by atoms with Crippen molar-refractivity contribution in [2.75, 3.05) is 0 Å². The van der Waals surface area contributed by atoms with Gasteiger partial charge in [-0.15, -0.1) is 0 Å². The van der Waals surface area contributed by atoms with Crippen molar-refractivity contribution in [1.82, 2.24) is 0 Å². The Bertz CT molecular complexity index is 150. The maximum Gasteiger partial charge on any atom is 0.0188 e. The van der Waals surface area contributed by atoms with E-state index in [1.54, 1.807) is 10.2 Å². The molecule has 0 aliphatic carbocycles. The molecule has 8 heavy (non-hydrogen) atoms. The summed E-state index contributed by atoms with van der Waals surface area (Å²) in [6, 6.07) is 10.2. The molecule has 0 aromatic heterocycles. The smallest absolute Gasteiger partial charge is 0.0188 e. The molecular formula is C6H5BrS. The minimum atomic E-state index is 1.24. The lowest BCUT2D eigenvalue weighted by atomic mass is 10.4. The van der Waals surface area contributed by atoms with Gasteiger partial charge < -0.3 is 0 Å². The second kappa shape index (κ2) is 3.15. The van der Waals surface area contributed by atoms with Gasteiger partial charge in [0.25, 0.3) is 0 Å². The molecule has 1 rings (SSSR count). The van der Waals surface area contributed by atoms with Gasteiger partial charge in [0, 0.05) is 4.90 Å². The molecule has 0 heterocycles. The quantitative estimate of drug-likeness (QED) is 0.654. The molecule has 0 spiro atoms. The Morgan fingerprint density at radius 2 is 1.75 bits per heavy atom. The first-order valence-corrected chi connectivity index (χ1v) is 4.93. The van der Waals surface area contributed by atoms with Crippen molar-refractivity contribution in [2.24, 2.45) is 0 Å². The molecule has 0 saturated carbocycles. The molecule has 0 unspecified atom stereocenters. The third-order valence-electron chi connectivity index (χ3n) is 0.832. The van der Waals surface area contributed by atoms with Crippen LogP contribution in [0.5, 0.6) is 0 Å². The SMILES string of the molecule is BrSc1ccccc1. The third kappa shape index (κ3) is 1.53. The van der Waals surface area contributed by atoms with Gasteiger partial charge in [0.1, 0.15) is 0 Å². The number of hydrogen-bond donors (Lipinski definition) is 0. The fourth-order valence-corrected chi connectivity index (χ4v) is 1.38.